The molecule has 0 aromatic heterocycles. The lowest BCUT2D eigenvalue weighted by Crippen LogP contribution is -2.23. The monoisotopic (exact) mass is 210 g/mol. The third-order valence-electron chi connectivity index (χ3n) is 2.10. The third-order valence-corrected chi connectivity index (χ3v) is 2.10. The number of amides is 1. The SMILES string of the molecule is C=C=CCCCNC(=O)CCCCCN. The van der Waals surface area contributed by atoms with Gasteiger partial charge in [0.15, 0.2) is 0 Å². The zero-order valence-electron chi connectivity index (χ0n) is 9.43. The first-order valence-corrected chi connectivity index (χ1v) is 5.62. The molecule has 15 heavy (non-hydrogen) atoms. The summed E-state index contributed by atoms with van der Waals surface area (Å²) in [4.78, 5) is 11.3. The summed E-state index contributed by atoms with van der Waals surface area (Å²) in [7, 11) is 0. The van der Waals surface area contributed by atoms with Crippen molar-refractivity contribution in [2.45, 2.75) is 38.5 Å². The van der Waals surface area contributed by atoms with Crippen molar-refractivity contribution in [1.82, 2.24) is 5.32 Å². The summed E-state index contributed by atoms with van der Waals surface area (Å²) in [6, 6.07) is 0. The molecule has 0 aromatic carbocycles. The number of hydrogen-bond donors (Lipinski definition) is 2. The maximum atomic E-state index is 11.3. The Kier molecular flexibility index (Phi) is 10.3. The van der Waals surface area contributed by atoms with Crippen LogP contribution in [0.3, 0.4) is 0 Å². The Hall–Kier alpha value is -1.05. The maximum absolute atomic E-state index is 11.3. The fraction of sp³-hybridized carbons (Fsp3) is 0.667. The van der Waals surface area contributed by atoms with Crippen LogP contribution in [0.15, 0.2) is 18.4 Å². The summed E-state index contributed by atoms with van der Waals surface area (Å²) in [6.07, 6.45) is 7.38. The van der Waals surface area contributed by atoms with Gasteiger partial charge in [-0.05, 0) is 38.3 Å². The Morgan fingerprint density at radius 3 is 2.80 bits per heavy atom. The quantitative estimate of drug-likeness (QED) is 0.450. The molecular weight excluding hydrogens is 188 g/mol. The molecule has 0 aliphatic rings. The first-order chi connectivity index (χ1) is 7.31. The van der Waals surface area contributed by atoms with Crippen LogP contribution in [0, 0.1) is 0 Å². The lowest BCUT2D eigenvalue weighted by molar-refractivity contribution is -0.121. The van der Waals surface area contributed by atoms with Crippen LogP contribution in [0.5, 0.6) is 0 Å². The summed E-state index contributed by atoms with van der Waals surface area (Å²) in [5.74, 6) is 0.148. The highest BCUT2D eigenvalue weighted by Crippen LogP contribution is 1.98. The zero-order chi connectivity index (χ0) is 11.4. The Labute approximate surface area is 92.4 Å². The van der Waals surface area contributed by atoms with Crippen LogP contribution in [0.4, 0.5) is 0 Å². The van der Waals surface area contributed by atoms with E-state index in [0.717, 1.165) is 45.2 Å². The second kappa shape index (κ2) is 11.0. The summed E-state index contributed by atoms with van der Waals surface area (Å²) in [5.41, 5.74) is 8.06. The molecule has 0 bridgehead atoms. The van der Waals surface area contributed by atoms with Crippen molar-refractivity contribution in [2.75, 3.05) is 13.1 Å². The molecule has 0 heterocycles. The minimum Gasteiger partial charge on any atom is -0.356 e. The number of nitrogens with two attached hydrogens (primary N) is 1. The molecule has 0 fully saturated rings. The summed E-state index contributed by atoms with van der Waals surface area (Å²) >= 11 is 0. The molecule has 0 radical (unpaired) electrons. The van der Waals surface area contributed by atoms with E-state index in [0.29, 0.717) is 6.42 Å². The predicted octanol–water partition coefficient (Wildman–Crippen LogP) is 1.74. The van der Waals surface area contributed by atoms with Gasteiger partial charge in [0.25, 0.3) is 0 Å². The number of nitrogens with one attached hydrogen (secondary N) is 1. The molecule has 0 aliphatic carbocycles. The topological polar surface area (TPSA) is 55.1 Å². The molecule has 0 saturated carbocycles. The van der Waals surface area contributed by atoms with E-state index < -0.39 is 0 Å². The van der Waals surface area contributed by atoms with Gasteiger partial charge < -0.3 is 11.1 Å². The molecule has 86 valence electrons. The first kappa shape index (κ1) is 13.9. The van der Waals surface area contributed by atoms with Crippen LogP contribution in [0.25, 0.3) is 0 Å². The molecule has 0 aromatic rings. The van der Waals surface area contributed by atoms with Crippen molar-refractivity contribution in [2.24, 2.45) is 5.73 Å². The van der Waals surface area contributed by atoms with E-state index in [9.17, 15) is 4.79 Å². The van der Waals surface area contributed by atoms with Gasteiger partial charge in [-0.15, -0.1) is 5.73 Å². The van der Waals surface area contributed by atoms with E-state index >= 15 is 0 Å². The van der Waals surface area contributed by atoms with Crippen LogP contribution < -0.4 is 11.1 Å². The highest BCUT2D eigenvalue weighted by atomic mass is 16.1. The molecule has 0 unspecified atom stereocenters. The summed E-state index contributed by atoms with van der Waals surface area (Å²) in [6.45, 7) is 4.94. The average Bonchev–Trinajstić information content (AvgIpc) is 2.24. The molecule has 0 aliphatic heterocycles. The van der Waals surface area contributed by atoms with Crippen LogP contribution >= 0.6 is 0 Å². The predicted molar refractivity (Wildman–Crippen MR) is 63.5 cm³/mol. The Bertz CT molecular complexity index is 208. The molecule has 3 heteroatoms. The van der Waals surface area contributed by atoms with E-state index in [4.69, 9.17) is 5.73 Å². The number of unbranched alkanes of at least 4 members (excludes halogenated alkanes) is 3. The van der Waals surface area contributed by atoms with Crippen molar-refractivity contribution < 1.29 is 4.79 Å². The van der Waals surface area contributed by atoms with Crippen molar-refractivity contribution in [3.8, 4) is 0 Å². The molecule has 0 rings (SSSR count). The van der Waals surface area contributed by atoms with Gasteiger partial charge in [0, 0.05) is 13.0 Å². The number of allylic oxidation sites excluding steroid dienone is 1. The van der Waals surface area contributed by atoms with Gasteiger partial charge in [0.05, 0.1) is 0 Å². The molecule has 0 atom stereocenters. The number of carbonyl (C=O) groups is 1. The molecule has 1 amide bonds. The number of rotatable bonds is 9. The van der Waals surface area contributed by atoms with Gasteiger partial charge in [0.1, 0.15) is 0 Å². The Morgan fingerprint density at radius 2 is 2.13 bits per heavy atom. The van der Waals surface area contributed by atoms with Crippen molar-refractivity contribution >= 4 is 5.91 Å². The summed E-state index contributed by atoms with van der Waals surface area (Å²) in [5, 5.41) is 2.88. The van der Waals surface area contributed by atoms with Crippen LogP contribution in [-0.4, -0.2) is 19.0 Å². The Balaban J connectivity index is 3.22. The second-order valence-corrected chi connectivity index (χ2v) is 3.50. The van der Waals surface area contributed by atoms with Gasteiger partial charge in [0.2, 0.25) is 5.91 Å². The number of hydrogen-bond acceptors (Lipinski definition) is 2. The minimum atomic E-state index is 0.148. The highest BCUT2D eigenvalue weighted by Gasteiger charge is 1.98. The van der Waals surface area contributed by atoms with E-state index in [1.807, 2.05) is 6.08 Å². The molecule has 0 saturated heterocycles. The second-order valence-electron chi connectivity index (χ2n) is 3.50. The minimum absolute atomic E-state index is 0.148. The molecule has 3 nitrogen and oxygen atoms in total. The van der Waals surface area contributed by atoms with Gasteiger partial charge in [-0.1, -0.05) is 13.0 Å². The van der Waals surface area contributed by atoms with Gasteiger partial charge in [-0.25, -0.2) is 0 Å². The molecular formula is C12H22N2O. The highest BCUT2D eigenvalue weighted by molar-refractivity contribution is 5.75. The molecule has 0 spiro atoms. The van der Waals surface area contributed by atoms with E-state index in [1.165, 1.54) is 0 Å². The average molecular weight is 210 g/mol. The van der Waals surface area contributed by atoms with Crippen LogP contribution in [-0.2, 0) is 4.79 Å². The van der Waals surface area contributed by atoms with E-state index in [1.54, 1.807) is 0 Å². The summed E-state index contributed by atoms with van der Waals surface area (Å²) < 4.78 is 0. The van der Waals surface area contributed by atoms with Crippen LogP contribution in [0.2, 0.25) is 0 Å². The maximum Gasteiger partial charge on any atom is 0.219 e. The van der Waals surface area contributed by atoms with Crippen LogP contribution in [0.1, 0.15) is 38.5 Å². The van der Waals surface area contributed by atoms with E-state index in [-0.39, 0.29) is 5.91 Å². The Morgan fingerprint density at radius 1 is 1.33 bits per heavy atom. The fourth-order valence-corrected chi connectivity index (χ4v) is 1.23. The molecule has 3 N–H and O–H groups in total. The third kappa shape index (κ3) is 10.9. The fourth-order valence-electron chi connectivity index (χ4n) is 1.23. The standard InChI is InChI=1S/C12H22N2O/c1-2-3-4-8-11-14-12(15)9-6-5-7-10-13/h3H,1,4-11,13H2,(H,14,15). The normalized spacial score (nSPS) is 9.40. The van der Waals surface area contributed by atoms with Crippen molar-refractivity contribution in [3.05, 3.63) is 18.4 Å². The van der Waals surface area contributed by atoms with Crippen molar-refractivity contribution in [3.63, 3.8) is 0 Å². The largest absolute Gasteiger partial charge is 0.356 e. The van der Waals surface area contributed by atoms with E-state index in [2.05, 4.69) is 17.6 Å². The van der Waals surface area contributed by atoms with Gasteiger partial charge in [-0.2, -0.15) is 0 Å². The van der Waals surface area contributed by atoms with Gasteiger partial charge >= 0.3 is 0 Å². The number of carbonyl (C=O) groups excluding carboxylic acids is 1. The van der Waals surface area contributed by atoms with Gasteiger partial charge in [-0.3, -0.25) is 4.79 Å². The first-order valence-electron chi connectivity index (χ1n) is 5.62. The smallest absolute Gasteiger partial charge is 0.219 e. The van der Waals surface area contributed by atoms with Crippen molar-refractivity contribution in [1.29, 1.82) is 0 Å². The lowest BCUT2D eigenvalue weighted by Gasteiger charge is -2.03. The lowest BCUT2D eigenvalue weighted by atomic mass is 10.2. The zero-order valence-corrected chi connectivity index (χ0v) is 9.43.